The van der Waals surface area contributed by atoms with Gasteiger partial charge in [-0.3, -0.25) is 4.79 Å². The Labute approximate surface area is 137 Å². The van der Waals surface area contributed by atoms with E-state index >= 15 is 0 Å². The van der Waals surface area contributed by atoms with E-state index in [-0.39, 0.29) is 22.8 Å². The van der Waals surface area contributed by atoms with Crippen LogP contribution in [-0.4, -0.2) is 48.0 Å². The quantitative estimate of drug-likeness (QED) is 0.835. The Morgan fingerprint density at radius 2 is 1.83 bits per heavy atom. The number of likely N-dealkylation sites (tertiary alicyclic amines) is 1. The van der Waals surface area contributed by atoms with Gasteiger partial charge in [0.15, 0.2) is 9.84 Å². The lowest BCUT2D eigenvalue weighted by Gasteiger charge is -2.41. The van der Waals surface area contributed by atoms with E-state index in [1.165, 1.54) is 0 Å². The number of sulfone groups is 1. The van der Waals surface area contributed by atoms with Crippen LogP contribution in [0.15, 0.2) is 4.52 Å². The second-order valence-electron chi connectivity index (χ2n) is 6.75. The fourth-order valence-electron chi connectivity index (χ4n) is 3.53. The average Bonchev–Trinajstić information content (AvgIpc) is 2.78. The molecule has 0 atom stereocenters. The molecule has 0 unspecified atom stereocenters. The van der Waals surface area contributed by atoms with Crippen LogP contribution in [0.5, 0.6) is 0 Å². The Balaban J connectivity index is 1.57. The maximum absolute atomic E-state index is 12.6. The molecule has 7 heteroatoms. The number of carbonyl (C=O) groups is 1. The summed E-state index contributed by atoms with van der Waals surface area (Å²) in [5.41, 5.74) is 1.54. The summed E-state index contributed by atoms with van der Waals surface area (Å²) in [5.74, 6) is 0.609. The van der Waals surface area contributed by atoms with Crippen LogP contribution in [0.3, 0.4) is 0 Å². The fraction of sp³-hybridized carbons (Fsp3) is 0.750. The van der Waals surface area contributed by atoms with E-state index in [1.807, 2.05) is 6.92 Å². The largest absolute Gasteiger partial charge is 0.361 e. The van der Waals surface area contributed by atoms with Crippen molar-refractivity contribution < 1.29 is 17.7 Å². The first-order valence-electron chi connectivity index (χ1n) is 8.32. The van der Waals surface area contributed by atoms with Crippen molar-refractivity contribution >= 4 is 15.7 Å². The first kappa shape index (κ1) is 16.5. The minimum Gasteiger partial charge on any atom is -0.361 e. The van der Waals surface area contributed by atoms with Gasteiger partial charge in [-0.1, -0.05) is 24.4 Å². The summed E-state index contributed by atoms with van der Waals surface area (Å²) in [6.45, 7) is 4.27. The van der Waals surface area contributed by atoms with Crippen molar-refractivity contribution in [3.63, 3.8) is 0 Å². The van der Waals surface area contributed by atoms with Gasteiger partial charge in [0.2, 0.25) is 5.91 Å². The van der Waals surface area contributed by atoms with E-state index in [2.05, 4.69) is 5.16 Å². The predicted octanol–water partition coefficient (Wildman–Crippen LogP) is 1.79. The lowest BCUT2D eigenvalue weighted by molar-refractivity contribution is -0.133. The van der Waals surface area contributed by atoms with E-state index < -0.39 is 9.84 Å². The molecule has 0 aromatic carbocycles. The molecule has 1 aromatic rings. The van der Waals surface area contributed by atoms with Gasteiger partial charge < -0.3 is 9.42 Å². The SMILES string of the molecule is Cc1noc(C)c1CC(=O)N1CC(S(=O)(=O)C2CCCCC2)C1. The Bertz CT molecular complexity index is 663. The van der Waals surface area contributed by atoms with Crippen molar-refractivity contribution in [3.8, 4) is 0 Å². The highest BCUT2D eigenvalue weighted by Gasteiger charge is 2.43. The first-order valence-corrected chi connectivity index (χ1v) is 9.92. The molecule has 1 aliphatic carbocycles. The van der Waals surface area contributed by atoms with Gasteiger partial charge in [0.05, 0.1) is 22.6 Å². The molecular formula is C16H24N2O4S. The molecule has 1 aliphatic heterocycles. The third-order valence-corrected chi connectivity index (χ3v) is 7.82. The van der Waals surface area contributed by atoms with Gasteiger partial charge in [-0.2, -0.15) is 0 Å². The normalized spacial score (nSPS) is 20.5. The van der Waals surface area contributed by atoms with Crippen LogP contribution in [-0.2, 0) is 21.1 Å². The molecule has 0 bridgehead atoms. The number of rotatable bonds is 4. The maximum atomic E-state index is 12.6. The van der Waals surface area contributed by atoms with Gasteiger partial charge in [0.25, 0.3) is 0 Å². The number of aryl methyl sites for hydroxylation is 2. The monoisotopic (exact) mass is 340 g/mol. The van der Waals surface area contributed by atoms with Gasteiger partial charge >= 0.3 is 0 Å². The van der Waals surface area contributed by atoms with Crippen molar-refractivity contribution in [2.75, 3.05) is 13.1 Å². The summed E-state index contributed by atoms with van der Waals surface area (Å²) in [6.07, 6.45) is 4.95. The summed E-state index contributed by atoms with van der Waals surface area (Å²) < 4.78 is 30.3. The van der Waals surface area contributed by atoms with Gasteiger partial charge in [-0.15, -0.1) is 0 Å². The van der Waals surface area contributed by atoms with Crippen LogP contribution in [0.25, 0.3) is 0 Å². The van der Waals surface area contributed by atoms with Crippen LogP contribution in [0.2, 0.25) is 0 Å². The molecule has 6 nitrogen and oxygen atoms in total. The van der Waals surface area contributed by atoms with E-state index in [0.717, 1.165) is 43.4 Å². The summed E-state index contributed by atoms with van der Waals surface area (Å²) >= 11 is 0. The predicted molar refractivity (Wildman–Crippen MR) is 85.8 cm³/mol. The minimum absolute atomic E-state index is 0.0468. The molecule has 23 heavy (non-hydrogen) atoms. The lowest BCUT2D eigenvalue weighted by atomic mass is 10.0. The van der Waals surface area contributed by atoms with Crippen molar-refractivity contribution in [2.24, 2.45) is 0 Å². The molecule has 2 fully saturated rings. The molecule has 1 aromatic heterocycles. The molecule has 0 N–H and O–H groups in total. The zero-order valence-electron chi connectivity index (χ0n) is 13.7. The number of carbonyl (C=O) groups excluding carboxylic acids is 1. The molecule has 0 radical (unpaired) electrons. The molecule has 1 saturated carbocycles. The van der Waals surface area contributed by atoms with E-state index in [0.29, 0.717) is 18.8 Å². The molecule has 0 spiro atoms. The Morgan fingerprint density at radius 3 is 2.39 bits per heavy atom. The highest BCUT2D eigenvalue weighted by Crippen LogP contribution is 2.30. The van der Waals surface area contributed by atoms with Crippen molar-refractivity contribution in [1.82, 2.24) is 10.1 Å². The lowest BCUT2D eigenvalue weighted by Crippen LogP contribution is -2.59. The minimum atomic E-state index is -3.09. The highest BCUT2D eigenvalue weighted by molar-refractivity contribution is 7.92. The van der Waals surface area contributed by atoms with Crippen LogP contribution < -0.4 is 0 Å². The molecule has 1 saturated heterocycles. The first-order chi connectivity index (χ1) is 10.9. The van der Waals surface area contributed by atoms with Crippen LogP contribution in [0.1, 0.15) is 49.1 Å². The number of amides is 1. The standard InChI is InChI=1S/C16H24N2O4S/c1-11-15(12(2)22-17-11)8-16(19)18-9-14(10-18)23(20,21)13-6-4-3-5-7-13/h13-14H,3-10H2,1-2H3. The number of nitrogens with zero attached hydrogens (tertiary/aromatic N) is 2. The highest BCUT2D eigenvalue weighted by atomic mass is 32.2. The third-order valence-electron chi connectivity index (χ3n) is 5.19. The smallest absolute Gasteiger partial charge is 0.227 e. The van der Waals surface area contributed by atoms with Crippen LogP contribution in [0, 0.1) is 13.8 Å². The van der Waals surface area contributed by atoms with Gasteiger partial charge in [0.1, 0.15) is 5.76 Å². The Hall–Kier alpha value is -1.37. The van der Waals surface area contributed by atoms with Crippen molar-refractivity contribution in [1.29, 1.82) is 0 Å². The van der Waals surface area contributed by atoms with Gasteiger partial charge in [0, 0.05) is 18.7 Å². The zero-order chi connectivity index (χ0) is 16.6. The summed E-state index contributed by atoms with van der Waals surface area (Å²) in [7, 11) is -3.09. The van der Waals surface area contributed by atoms with Crippen molar-refractivity contribution in [2.45, 2.75) is 62.9 Å². The molecule has 128 valence electrons. The fourth-order valence-corrected chi connectivity index (χ4v) is 5.84. The Morgan fingerprint density at radius 1 is 1.17 bits per heavy atom. The topological polar surface area (TPSA) is 80.5 Å². The van der Waals surface area contributed by atoms with Crippen molar-refractivity contribution in [3.05, 3.63) is 17.0 Å². The second kappa shape index (κ2) is 6.26. The average molecular weight is 340 g/mol. The number of hydrogen-bond acceptors (Lipinski definition) is 5. The molecule has 1 amide bonds. The summed E-state index contributed by atoms with van der Waals surface area (Å²) in [6, 6.07) is 0. The summed E-state index contributed by atoms with van der Waals surface area (Å²) in [5, 5.41) is 3.28. The van der Waals surface area contributed by atoms with Crippen LogP contribution >= 0.6 is 0 Å². The summed E-state index contributed by atoms with van der Waals surface area (Å²) in [4.78, 5) is 13.9. The van der Waals surface area contributed by atoms with E-state index in [9.17, 15) is 13.2 Å². The van der Waals surface area contributed by atoms with E-state index in [4.69, 9.17) is 4.52 Å². The number of aromatic nitrogens is 1. The van der Waals surface area contributed by atoms with E-state index in [1.54, 1.807) is 11.8 Å². The third kappa shape index (κ3) is 3.16. The molecule has 2 aliphatic rings. The molecule has 2 heterocycles. The van der Waals surface area contributed by atoms with Gasteiger partial charge in [-0.05, 0) is 26.7 Å². The second-order valence-corrected chi connectivity index (χ2v) is 9.26. The molecule has 3 rings (SSSR count). The maximum Gasteiger partial charge on any atom is 0.227 e. The zero-order valence-corrected chi connectivity index (χ0v) is 14.6. The van der Waals surface area contributed by atoms with Gasteiger partial charge in [-0.25, -0.2) is 8.42 Å². The Kier molecular flexibility index (Phi) is 4.49. The number of hydrogen-bond donors (Lipinski definition) is 0. The molecular weight excluding hydrogens is 316 g/mol. The van der Waals surface area contributed by atoms with Crippen LogP contribution in [0.4, 0.5) is 0 Å².